The van der Waals surface area contributed by atoms with Gasteiger partial charge in [-0.2, -0.15) is 5.10 Å². The molecule has 0 radical (unpaired) electrons. The molecule has 23 heavy (non-hydrogen) atoms. The molecule has 3 aromatic rings. The highest BCUT2D eigenvalue weighted by Gasteiger charge is 2.20. The van der Waals surface area contributed by atoms with Crippen LogP contribution in [-0.4, -0.2) is 38.7 Å². The van der Waals surface area contributed by atoms with Crippen LogP contribution in [0, 0.1) is 0 Å². The van der Waals surface area contributed by atoms with Gasteiger partial charge in [0.25, 0.3) is 5.91 Å². The Labute approximate surface area is 134 Å². The first-order valence-electron chi connectivity index (χ1n) is 7.96. The lowest BCUT2D eigenvalue weighted by Crippen LogP contribution is -2.27. The Morgan fingerprint density at radius 1 is 1.09 bits per heavy atom. The zero-order chi connectivity index (χ0) is 15.6. The van der Waals surface area contributed by atoms with Crippen LogP contribution >= 0.6 is 0 Å². The largest absolute Gasteiger partial charge is 0.339 e. The Hall–Kier alpha value is -2.69. The Bertz CT molecular complexity index is 835. The van der Waals surface area contributed by atoms with Crippen LogP contribution in [0.1, 0.15) is 28.8 Å². The lowest BCUT2D eigenvalue weighted by atomic mass is 10.2. The second kappa shape index (κ2) is 5.83. The summed E-state index contributed by atoms with van der Waals surface area (Å²) < 4.78 is 1.87. The van der Waals surface area contributed by atoms with Gasteiger partial charge in [-0.1, -0.05) is 30.3 Å². The lowest BCUT2D eigenvalue weighted by molar-refractivity contribution is 0.0792. The van der Waals surface area contributed by atoms with E-state index in [1.807, 2.05) is 33.8 Å². The number of carbonyl (C=O) groups is 1. The highest BCUT2D eigenvalue weighted by Crippen LogP contribution is 2.17. The fourth-order valence-electron chi connectivity index (χ4n) is 3.06. The lowest BCUT2D eigenvalue weighted by Gasteiger charge is -2.14. The van der Waals surface area contributed by atoms with Crippen molar-refractivity contribution in [1.29, 1.82) is 0 Å². The van der Waals surface area contributed by atoms with Crippen molar-refractivity contribution in [2.24, 2.45) is 0 Å². The summed E-state index contributed by atoms with van der Waals surface area (Å²) in [5, 5.41) is 5.33. The van der Waals surface area contributed by atoms with E-state index in [4.69, 9.17) is 0 Å². The van der Waals surface area contributed by atoms with E-state index in [1.165, 1.54) is 5.56 Å². The van der Waals surface area contributed by atoms with Crippen LogP contribution in [0.15, 0.2) is 48.8 Å². The molecule has 2 aromatic heterocycles. The average molecular weight is 306 g/mol. The van der Waals surface area contributed by atoms with Gasteiger partial charge in [0.15, 0.2) is 5.65 Å². The topological polar surface area (TPSA) is 51.0 Å². The molecule has 3 heterocycles. The van der Waals surface area contributed by atoms with Crippen LogP contribution in [-0.2, 0) is 6.54 Å². The minimum atomic E-state index is 0.0766. The van der Waals surface area contributed by atoms with Gasteiger partial charge in [0, 0.05) is 24.7 Å². The van der Waals surface area contributed by atoms with E-state index < -0.39 is 0 Å². The summed E-state index contributed by atoms with van der Waals surface area (Å²) in [6, 6.07) is 12.1. The third kappa shape index (κ3) is 2.70. The summed E-state index contributed by atoms with van der Waals surface area (Å²) in [5.74, 6) is 0.0766. The zero-order valence-electron chi connectivity index (χ0n) is 12.9. The molecule has 0 aliphatic carbocycles. The maximum absolute atomic E-state index is 12.4. The first kappa shape index (κ1) is 13.9. The number of amides is 1. The third-order valence-electron chi connectivity index (χ3n) is 4.29. The Morgan fingerprint density at radius 3 is 2.65 bits per heavy atom. The summed E-state index contributed by atoms with van der Waals surface area (Å²) in [6.45, 7) is 2.38. The fraction of sp³-hybridized carbons (Fsp3) is 0.278. The predicted octanol–water partition coefficient (Wildman–Crippen LogP) is 2.72. The van der Waals surface area contributed by atoms with Gasteiger partial charge in [0.05, 0.1) is 18.3 Å². The van der Waals surface area contributed by atoms with Crippen molar-refractivity contribution < 1.29 is 4.79 Å². The van der Waals surface area contributed by atoms with Crippen LogP contribution in [0.2, 0.25) is 0 Å². The third-order valence-corrected chi connectivity index (χ3v) is 4.29. The molecule has 1 fully saturated rings. The van der Waals surface area contributed by atoms with Crippen molar-refractivity contribution in [1.82, 2.24) is 19.7 Å². The molecule has 0 atom stereocenters. The van der Waals surface area contributed by atoms with E-state index in [0.717, 1.165) is 37.0 Å². The van der Waals surface area contributed by atoms with E-state index >= 15 is 0 Å². The molecule has 0 spiro atoms. The number of carbonyl (C=O) groups excluding carboxylic acids is 1. The van der Waals surface area contributed by atoms with Crippen LogP contribution in [0.25, 0.3) is 11.0 Å². The molecular formula is C18H18N4O. The summed E-state index contributed by atoms with van der Waals surface area (Å²) >= 11 is 0. The Morgan fingerprint density at radius 2 is 1.87 bits per heavy atom. The number of fused-ring (bicyclic) bond motifs is 1. The van der Waals surface area contributed by atoms with E-state index in [0.29, 0.717) is 12.1 Å². The van der Waals surface area contributed by atoms with Gasteiger partial charge in [-0.3, -0.25) is 4.79 Å². The number of hydrogen-bond acceptors (Lipinski definition) is 3. The monoisotopic (exact) mass is 306 g/mol. The molecule has 5 heteroatoms. The molecule has 1 aliphatic heterocycles. The molecule has 4 rings (SSSR count). The second-order valence-corrected chi connectivity index (χ2v) is 5.92. The van der Waals surface area contributed by atoms with Gasteiger partial charge in [-0.15, -0.1) is 0 Å². The van der Waals surface area contributed by atoms with Gasteiger partial charge in [-0.25, -0.2) is 9.67 Å². The average Bonchev–Trinajstić information content (AvgIpc) is 3.25. The van der Waals surface area contributed by atoms with E-state index in [2.05, 4.69) is 22.2 Å². The Balaban J connectivity index is 1.62. The van der Waals surface area contributed by atoms with Crippen molar-refractivity contribution >= 4 is 16.9 Å². The number of benzene rings is 1. The standard InChI is InChI=1S/C18H18N4O/c23-18(21-8-4-5-9-21)16-10-15-12-20-22(17(15)19-11-16)13-14-6-2-1-3-7-14/h1-3,6-7,10-12H,4-5,8-9,13H2. The molecule has 1 aliphatic rings. The molecule has 1 amide bonds. The molecule has 0 bridgehead atoms. The summed E-state index contributed by atoms with van der Waals surface area (Å²) in [5.41, 5.74) is 2.64. The van der Waals surface area contributed by atoms with Crippen LogP contribution in [0.4, 0.5) is 0 Å². The minimum Gasteiger partial charge on any atom is -0.339 e. The van der Waals surface area contributed by atoms with E-state index in [-0.39, 0.29) is 5.91 Å². The smallest absolute Gasteiger partial charge is 0.255 e. The number of hydrogen-bond donors (Lipinski definition) is 0. The number of pyridine rings is 1. The van der Waals surface area contributed by atoms with Crippen molar-refractivity contribution in [3.05, 3.63) is 59.9 Å². The number of nitrogens with zero attached hydrogens (tertiary/aromatic N) is 4. The number of aromatic nitrogens is 3. The quantitative estimate of drug-likeness (QED) is 0.747. The van der Waals surface area contributed by atoms with Crippen molar-refractivity contribution in [3.63, 3.8) is 0 Å². The maximum Gasteiger partial charge on any atom is 0.255 e. The van der Waals surface area contributed by atoms with E-state index in [1.54, 1.807) is 12.4 Å². The van der Waals surface area contributed by atoms with E-state index in [9.17, 15) is 4.79 Å². The van der Waals surface area contributed by atoms with Gasteiger partial charge < -0.3 is 4.90 Å². The molecule has 1 aromatic carbocycles. The first-order valence-corrected chi connectivity index (χ1v) is 7.96. The summed E-state index contributed by atoms with van der Waals surface area (Å²) in [6.07, 6.45) is 5.64. The first-order chi connectivity index (χ1) is 11.3. The van der Waals surface area contributed by atoms with Gasteiger partial charge >= 0.3 is 0 Å². The van der Waals surface area contributed by atoms with Crippen LogP contribution in [0.5, 0.6) is 0 Å². The highest BCUT2D eigenvalue weighted by atomic mass is 16.2. The van der Waals surface area contributed by atoms with Crippen molar-refractivity contribution in [2.45, 2.75) is 19.4 Å². The van der Waals surface area contributed by atoms with Gasteiger partial charge in [0.1, 0.15) is 0 Å². The molecule has 1 saturated heterocycles. The van der Waals surface area contributed by atoms with Crippen LogP contribution in [0.3, 0.4) is 0 Å². The molecule has 0 N–H and O–H groups in total. The molecule has 116 valence electrons. The maximum atomic E-state index is 12.4. The molecule has 0 unspecified atom stereocenters. The van der Waals surface area contributed by atoms with Crippen molar-refractivity contribution in [2.75, 3.05) is 13.1 Å². The van der Waals surface area contributed by atoms with Gasteiger partial charge in [-0.05, 0) is 24.5 Å². The molecule has 0 saturated carbocycles. The summed E-state index contributed by atoms with van der Waals surface area (Å²) in [7, 11) is 0. The van der Waals surface area contributed by atoms with Gasteiger partial charge in [0.2, 0.25) is 0 Å². The molecular weight excluding hydrogens is 288 g/mol. The Kier molecular flexibility index (Phi) is 3.54. The number of likely N-dealkylation sites (tertiary alicyclic amines) is 1. The highest BCUT2D eigenvalue weighted by molar-refractivity contribution is 5.96. The zero-order valence-corrected chi connectivity index (χ0v) is 12.9. The van der Waals surface area contributed by atoms with Crippen LogP contribution < -0.4 is 0 Å². The number of rotatable bonds is 3. The molecule has 5 nitrogen and oxygen atoms in total. The second-order valence-electron chi connectivity index (χ2n) is 5.92. The predicted molar refractivity (Wildman–Crippen MR) is 88.2 cm³/mol. The minimum absolute atomic E-state index is 0.0766. The SMILES string of the molecule is O=C(c1cnc2c(cnn2Cc2ccccc2)c1)N1CCCC1. The van der Waals surface area contributed by atoms with Crippen molar-refractivity contribution in [3.8, 4) is 0 Å². The fourth-order valence-corrected chi connectivity index (χ4v) is 3.06. The summed E-state index contributed by atoms with van der Waals surface area (Å²) in [4.78, 5) is 18.8. The normalized spacial score (nSPS) is 14.5.